The molecule has 1 aromatic heterocycles. The minimum Gasteiger partial charge on any atom is -0.507 e. The standard InChI is InChI=1S/C38H49N3O9S2/c1-37(2,3)49-32(43)19-26(40-35(46)50-38(4,5)6)33(44)39-14-8-9-23-17-30(25-13-12-24(47-7)18-28(25)42)48-29(23)20-31-34(45)41(36(51)52-31)27-16-21-10-11-22(27)15-21/h12-13,17-18,20-22,26-27,42H,8-11,14-16,19H2,1-7H3,(H,39,44)(H,40,46)/b31-20-/t21-,22-,26-,27-/m0/s1. The van der Waals surface area contributed by atoms with Crippen LogP contribution in [0.3, 0.4) is 0 Å². The lowest BCUT2D eigenvalue weighted by molar-refractivity contribution is -0.156. The Labute approximate surface area is 314 Å². The van der Waals surface area contributed by atoms with E-state index in [2.05, 4.69) is 10.6 Å². The summed E-state index contributed by atoms with van der Waals surface area (Å²) in [6.45, 7) is 10.4. The van der Waals surface area contributed by atoms with Crippen molar-refractivity contribution in [3.63, 3.8) is 0 Å². The van der Waals surface area contributed by atoms with Crippen molar-refractivity contribution in [2.45, 2.75) is 110 Å². The van der Waals surface area contributed by atoms with E-state index < -0.39 is 35.2 Å². The van der Waals surface area contributed by atoms with Crippen LogP contribution in [0.2, 0.25) is 0 Å². The van der Waals surface area contributed by atoms with Gasteiger partial charge in [0.1, 0.15) is 44.6 Å². The van der Waals surface area contributed by atoms with E-state index in [1.807, 2.05) is 0 Å². The number of amides is 3. The summed E-state index contributed by atoms with van der Waals surface area (Å²) in [6.07, 6.45) is 5.83. The maximum atomic E-state index is 13.7. The van der Waals surface area contributed by atoms with Gasteiger partial charge in [-0.3, -0.25) is 19.3 Å². The molecule has 4 atom stereocenters. The van der Waals surface area contributed by atoms with Crippen LogP contribution in [0.4, 0.5) is 4.79 Å². The van der Waals surface area contributed by atoms with Gasteiger partial charge in [0.2, 0.25) is 5.91 Å². The lowest BCUT2D eigenvalue weighted by Gasteiger charge is -2.30. The molecular weight excluding hydrogens is 707 g/mol. The molecule has 3 N–H and O–H groups in total. The molecule has 5 rings (SSSR count). The summed E-state index contributed by atoms with van der Waals surface area (Å²) >= 11 is 6.97. The van der Waals surface area contributed by atoms with E-state index >= 15 is 0 Å². The number of nitrogens with one attached hydrogen (secondary N) is 2. The number of ether oxygens (including phenoxy) is 3. The predicted octanol–water partition coefficient (Wildman–Crippen LogP) is 6.72. The van der Waals surface area contributed by atoms with Crippen LogP contribution in [0, 0.1) is 11.8 Å². The van der Waals surface area contributed by atoms with Gasteiger partial charge in [-0.25, -0.2) is 4.79 Å². The summed E-state index contributed by atoms with van der Waals surface area (Å²) in [5, 5.41) is 16.1. The van der Waals surface area contributed by atoms with Gasteiger partial charge in [-0.15, -0.1) is 0 Å². The number of fused-ring (bicyclic) bond motifs is 2. The Morgan fingerprint density at radius 3 is 2.44 bits per heavy atom. The largest absolute Gasteiger partial charge is 0.507 e. The Bertz CT molecular complexity index is 1710. The topological polar surface area (TPSA) is 157 Å². The molecule has 12 nitrogen and oxygen atoms in total. The second-order valence-corrected chi connectivity index (χ2v) is 17.2. The van der Waals surface area contributed by atoms with Crippen LogP contribution in [0.15, 0.2) is 33.6 Å². The van der Waals surface area contributed by atoms with E-state index in [9.17, 15) is 24.3 Å². The first kappa shape index (κ1) is 39.2. The highest BCUT2D eigenvalue weighted by Crippen LogP contribution is 2.49. The number of phenolic OH excluding ortho intramolecular Hbond substituents is 1. The van der Waals surface area contributed by atoms with Crippen LogP contribution >= 0.6 is 24.0 Å². The maximum absolute atomic E-state index is 13.7. The van der Waals surface area contributed by atoms with Gasteiger partial charge in [-0.1, -0.05) is 30.4 Å². The fourth-order valence-corrected chi connectivity index (χ4v) is 8.32. The van der Waals surface area contributed by atoms with E-state index in [-0.39, 0.29) is 30.7 Å². The molecule has 0 radical (unpaired) electrons. The SMILES string of the molecule is COc1ccc(-c2cc(CCCNC(=O)[C@H](CC(=O)OC(C)(C)C)NC(=O)OC(C)(C)C)c(/C=C3\SC(=S)N([C@H]4C[C@H]5CC[C@H]4C5)C3=O)o2)c(O)c1. The van der Waals surface area contributed by atoms with Crippen LogP contribution in [-0.4, -0.2) is 75.1 Å². The molecule has 52 heavy (non-hydrogen) atoms. The van der Waals surface area contributed by atoms with Gasteiger partial charge in [0.05, 0.1) is 24.0 Å². The van der Waals surface area contributed by atoms with Crippen molar-refractivity contribution in [1.29, 1.82) is 0 Å². The number of rotatable bonds is 12. The molecule has 14 heteroatoms. The molecule has 3 fully saturated rings. The van der Waals surface area contributed by atoms with Crippen molar-refractivity contribution in [2.75, 3.05) is 13.7 Å². The predicted molar refractivity (Wildman–Crippen MR) is 202 cm³/mol. The van der Waals surface area contributed by atoms with E-state index in [1.165, 1.54) is 31.4 Å². The first-order chi connectivity index (χ1) is 24.4. The molecule has 282 valence electrons. The molecule has 3 aliphatic rings. The van der Waals surface area contributed by atoms with E-state index in [0.717, 1.165) is 24.8 Å². The molecule has 0 unspecified atom stereocenters. The van der Waals surface area contributed by atoms with Gasteiger partial charge >= 0.3 is 12.1 Å². The summed E-state index contributed by atoms with van der Waals surface area (Å²) in [5.41, 5.74) is -0.384. The van der Waals surface area contributed by atoms with Gasteiger partial charge in [0, 0.05) is 24.7 Å². The number of furan rings is 1. The quantitative estimate of drug-likeness (QED) is 0.0914. The van der Waals surface area contributed by atoms with Crippen molar-refractivity contribution in [3.05, 3.63) is 40.5 Å². The average molecular weight is 756 g/mol. The van der Waals surface area contributed by atoms with Crippen molar-refractivity contribution in [2.24, 2.45) is 11.8 Å². The monoisotopic (exact) mass is 755 g/mol. The lowest BCUT2D eigenvalue weighted by atomic mass is 9.94. The van der Waals surface area contributed by atoms with Gasteiger partial charge in [-0.05, 0) is 109 Å². The summed E-state index contributed by atoms with van der Waals surface area (Å²) in [7, 11) is 1.51. The number of thiocarbonyl (C=S) groups is 1. The maximum Gasteiger partial charge on any atom is 0.408 e. The molecule has 2 aliphatic carbocycles. The van der Waals surface area contributed by atoms with Crippen molar-refractivity contribution < 1.29 is 42.9 Å². The van der Waals surface area contributed by atoms with Gasteiger partial charge in [0.25, 0.3) is 5.91 Å². The number of hydrogen-bond donors (Lipinski definition) is 3. The molecule has 2 aromatic rings. The molecular formula is C38H49N3O9S2. The van der Waals surface area contributed by atoms with Crippen molar-refractivity contribution in [3.8, 4) is 22.8 Å². The van der Waals surface area contributed by atoms with Crippen LogP contribution in [0.25, 0.3) is 17.4 Å². The van der Waals surface area contributed by atoms with Crippen LogP contribution in [0.5, 0.6) is 11.5 Å². The first-order valence-corrected chi connectivity index (χ1v) is 18.9. The Morgan fingerprint density at radius 1 is 1.10 bits per heavy atom. The Morgan fingerprint density at radius 2 is 1.83 bits per heavy atom. The number of esters is 1. The van der Waals surface area contributed by atoms with Gasteiger partial charge in [-0.2, -0.15) is 0 Å². The van der Waals surface area contributed by atoms with Crippen LogP contribution < -0.4 is 15.4 Å². The zero-order valence-corrected chi connectivity index (χ0v) is 32.5. The number of alkyl carbamates (subject to hydrolysis) is 1. The summed E-state index contributed by atoms with van der Waals surface area (Å²) in [6, 6.07) is 5.61. The fourth-order valence-electron chi connectivity index (χ4n) is 6.97. The number of carbonyl (C=O) groups is 4. The molecule has 2 bridgehead atoms. The second kappa shape index (κ2) is 15.9. The highest BCUT2D eigenvalue weighted by molar-refractivity contribution is 8.26. The average Bonchev–Trinajstić information content (AvgIpc) is 3.81. The minimum absolute atomic E-state index is 0.0328. The molecule has 1 saturated heterocycles. The number of nitrogens with zero attached hydrogens (tertiary/aromatic N) is 1. The molecule has 2 saturated carbocycles. The number of thioether (sulfide) groups is 1. The van der Waals surface area contributed by atoms with Crippen LogP contribution in [0.1, 0.15) is 91.4 Å². The lowest BCUT2D eigenvalue weighted by Crippen LogP contribution is -2.49. The number of methoxy groups -OCH3 is 1. The Kier molecular flexibility index (Phi) is 12.0. The van der Waals surface area contributed by atoms with Crippen molar-refractivity contribution in [1.82, 2.24) is 15.5 Å². The molecule has 2 heterocycles. The number of benzene rings is 1. The second-order valence-electron chi connectivity index (χ2n) is 15.6. The van der Waals surface area contributed by atoms with E-state index in [1.54, 1.807) is 70.7 Å². The van der Waals surface area contributed by atoms with Gasteiger partial charge in [0.15, 0.2) is 0 Å². The van der Waals surface area contributed by atoms with E-state index in [4.69, 9.17) is 30.8 Å². The summed E-state index contributed by atoms with van der Waals surface area (Å²) in [4.78, 5) is 54.4. The highest BCUT2D eigenvalue weighted by Gasteiger charge is 2.48. The smallest absolute Gasteiger partial charge is 0.408 e. The number of phenols is 1. The summed E-state index contributed by atoms with van der Waals surface area (Å²) in [5.74, 6) is 1.09. The molecule has 0 spiro atoms. The number of aromatic hydroxyl groups is 1. The zero-order valence-electron chi connectivity index (χ0n) is 30.8. The highest BCUT2D eigenvalue weighted by atomic mass is 32.2. The molecule has 3 amide bonds. The molecule has 1 aromatic carbocycles. The third-order valence-corrected chi connectivity index (χ3v) is 10.5. The minimum atomic E-state index is -1.23. The fraction of sp³-hybridized carbons (Fsp3) is 0.553. The normalized spacial score (nSPS) is 21.4. The Balaban J connectivity index is 1.31. The molecule has 1 aliphatic heterocycles. The Hall–Kier alpha value is -4.04. The van der Waals surface area contributed by atoms with Crippen molar-refractivity contribution >= 4 is 58.3 Å². The number of carbonyl (C=O) groups excluding carboxylic acids is 4. The van der Waals surface area contributed by atoms with Crippen LogP contribution in [-0.2, 0) is 30.3 Å². The van der Waals surface area contributed by atoms with Gasteiger partial charge < -0.3 is 34.4 Å². The number of aryl methyl sites for hydroxylation is 1. The number of hydrogen-bond acceptors (Lipinski definition) is 11. The zero-order chi connectivity index (χ0) is 38.0. The van der Waals surface area contributed by atoms with E-state index in [0.29, 0.717) is 56.7 Å². The third-order valence-electron chi connectivity index (χ3n) is 9.15. The summed E-state index contributed by atoms with van der Waals surface area (Å²) < 4.78 is 22.8. The third kappa shape index (κ3) is 9.88. The first-order valence-electron chi connectivity index (χ1n) is 17.7.